The number of carbonyl (C=O) groups is 1. The molecule has 3 N–H and O–H groups in total. The summed E-state index contributed by atoms with van der Waals surface area (Å²) in [6, 6.07) is 7.41. The van der Waals surface area contributed by atoms with Crippen LogP contribution in [-0.4, -0.2) is 53.6 Å². The molecule has 0 aliphatic carbocycles. The van der Waals surface area contributed by atoms with Crippen LogP contribution in [0.2, 0.25) is 0 Å². The van der Waals surface area contributed by atoms with Gasteiger partial charge in [-0.25, -0.2) is 18.9 Å². The van der Waals surface area contributed by atoms with Gasteiger partial charge in [-0.05, 0) is 54.8 Å². The number of hydrogen-bond acceptors (Lipinski definition) is 5. The van der Waals surface area contributed by atoms with Crippen molar-refractivity contribution < 1.29 is 27.4 Å². The van der Waals surface area contributed by atoms with Gasteiger partial charge in [-0.2, -0.15) is 12.7 Å². The third-order valence-corrected chi connectivity index (χ3v) is 6.92. The number of ether oxygens (including phenoxy) is 1. The highest BCUT2D eigenvalue weighted by atomic mass is 32.2. The Hall–Kier alpha value is -3.44. The molecular weight excluding hydrogens is 439 g/mol. The SMILES string of the molecule is COc1ccc(F)cc1-c1ccnc2[nH]c(C3=C[C@H](C)N(S(=O)(=O)NC(=O)O)CC3)cc12. The second-order valence-corrected chi connectivity index (χ2v) is 8.98. The number of methoxy groups -OCH3 is 1. The minimum Gasteiger partial charge on any atom is -0.496 e. The van der Waals surface area contributed by atoms with Crippen molar-refractivity contribution >= 4 is 32.9 Å². The summed E-state index contributed by atoms with van der Waals surface area (Å²) in [6.45, 7) is 1.78. The largest absolute Gasteiger partial charge is 0.496 e. The third-order valence-electron chi connectivity index (χ3n) is 5.35. The van der Waals surface area contributed by atoms with E-state index in [9.17, 15) is 17.6 Å². The lowest BCUT2D eigenvalue weighted by Crippen LogP contribution is -2.48. The number of hydrogen-bond donors (Lipinski definition) is 3. The van der Waals surface area contributed by atoms with E-state index >= 15 is 0 Å². The van der Waals surface area contributed by atoms with Gasteiger partial charge in [0.1, 0.15) is 17.2 Å². The van der Waals surface area contributed by atoms with Gasteiger partial charge in [-0.15, -0.1) is 0 Å². The molecular formula is C21H21FN4O5S. The topological polar surface area (TPSA) is 125 Å². The summed E-state index contributed by atoms with van der Waals surface area (Å²) in [7, 11) is -2.63. The maximum Gasteiger partial charge on any atom is 0.419 e. The van der Waals surface area contributed by atoms with Crippen molar-refractivity contribution in [2.24, 2.45) is 0 Å². The highest BCUT2D eigenvalue weighted by Crippen LogP contribution is 2.37. The first-order valence-corrected chi connectivity index (χ1v) is 11.2. The fourth-order valence-electron chi connectivity index (χ4n) is 3.95. The molecule has 1 atom stereocenters. The maximum atomic E-state index is 13.9. The standard InChI is InChI=1S/C21H21FN4O5S/c1-12-9-13(6-8-26(12)32(29,30)25-21(27)28)18-11-17-15(5-7-23-20(17)24-18)16-10-14(22)3-4-19(16)31-2/h3-5,7,9-12,25H,6,8H2,1-2H3,(H,23,24)(H,27,28)/t12-/m0/s1. The lowest BCUT2D eigenvalue weighted by atomic mass is 10.00. The number of amides is 1. The molecule has 1 amide bonds. The Morgan fingerprint density at radius 1 is 1.31 bits per heavy atom. The van der Waals surface area contributed by atoms with Gasteiger partial charge in [0.2, 0.25) is 0 Å². The molecule has 2 aromatic heterocycles. The van der Waals surface area contributed by atoms with Gasteiger partial charge in [-0.1, -0.05) is 6.08 Å². The number of H-pyrrole nitrogens is 1. The van der Waals surface area contributed by atoms with Crippen molar-refractivity contribution in [1.82, 2.24) is 19.0 Å². The van der Waals surface area contributed by atoms with Crippen LogP contribution in [0.15, 0.2) is 42.6 Å². The molecule has 4 rings (SSSR count). The van der Waals surface area contributed by atoms with Crippen molar-refractivity contribution in [3.8, 4) is 16.9 Å². The van der Waals surface area contributed by atoms with E-state index in [0.717, 1.165) is 26.5 Å². The Morgan fingerprint density at radius 2 is 2.09 bits per heavy atom. The van der Waals surface area contributed by atoms with Crippen LogP contribution in [0.5, 0.6) is 5.75 Å². The summed E-state index contributed by atoms with van der Waals surface area (Å²) in [5.41, 5.74) is 3.56. The summed E-state index contributed by atoms with van der Waals surface area (Å²) in [4.78, 5) is 18.4. The van der Waals surface area contributed by atoms with Crippen molar-refractivity contribution in [1.29, 1.82) is 0 Å². The highest BCUT2D eigenvalue weighted by Gasteiger charge is 2.31. The van der Waals surface area contributed by atoms with Crippen LogP contribution in [0.1, 0.15) is 19.0 Å². The second kappa shape index (κ2) is 8.24. The average molecular weight is 460 g/mol. The van der Waals surface area contributed by atoms with Gasteiger partial charge in [0, 0.05) is 35.4 Å². The molecule has 1 aliphatic heterocycles. The third kappa shape index (κ3) is 4.04. The van der Waals surface area contributed by atoms with Crippen molar-refractivity contribution in [3.05, 3.63) is 54.1 Å². The van der Waals surface area contributed by atoms with Gasteiger partial charge in [0.05, 0.1) is 7.11 Å². The van der Waals surface area contributed by atoms with Gasteiger partial charge in [0.15, 0.2) is 0 Å². The molecule has 3 aromatic rings. The normalized spacial score (nSPS) is 17.2. The first-order chi connectivity index (χ1) is 15.2. The Labute approximate surface area is 183 Å². The number of benzene rings is 1. The number of fused-ring (bicyclic) bond motifs is 1. The quantitative estimate of drug-likeness (QED) is 0.536. The zero-order valence-corrected chi connectivity index (χ0v) is 18.1. The van der Waals surface area contributed by atoms with E-state index in [1.165, 1.54) is 19.2 Å². The van der Waals surface area contributed by atoms with Gasteiger partial charge in [-0.3, -0.25) is 0 Å². The summed E-state index contributed by atoms with van der Waals surface area (Å²) in [5.74, 6) is 0.139. The molecule has 0 fully saturated rings. The average Bonchev–Trinajstić information content (AvgIpc) is 3.17. The van der Waals surface area contributed by atoms with Crippen LogP contribution in [-0.2, 0) is 10.2 Å². The number of pyridine rings is 1. The van der Waals surface area contributed by atoms with Crippen molar-refractivity contribution in [3.63, 3.8) is 0 Å². The molecule has 3 heterocycles. The zero-order valence-electron chi connectivity index (χ0n) is 17.3. The Kier molecular flexibility index (Phi) is 5.61. The lowest BCUT2D eigenvalue weighted by molar-refractivity contribution is 0.200. The second-order valence-electron chi connectivity index (χ2n) is 7.35. The summed E-state index contributed by atoms with van der Waals surface area (Å²) in [6.07, 6.45) is 2.12. The molecule has 11 heteroatoms. The van der Waals surface area contributed by atoms with E-state index in [2.05, 4.69) is 9.97 Å². The van der Waals surface area contributed by atoms with E-state index in [1.807, 2.05) is 6.07 Å². The minimum atomic E-state index is -4.15. The van der Waals surface area contributed by atoms with Crippen LogP contribution in [0.25, 0.3) is 27.7 Å². The fraction of sp³-hybridized carbons (Fsp3) is 0.238. The fourth-order valence-corrected chi connectivity index (χ4v) is 5.12. The number of rotatable bonds is 5. The Balaban J connectivity index is 1.72. The molecule has 0 saturated heterocycles. The number of nitrogens with zero attached hydrogens (tertiary/aromatic N) is 2. The summed E-state index contributed by atoms with van der Waals surface area (Å²) in [5, 5.41) is 9.54. The number of halogens is 1. The maximum absolute atomic E-state index is 13.9. The van der Waals surface area contributed by atoms with Crippen LogP contribution in [0.4, 0.5) is 9.18 Å². The monoisotopic (exact) mass is 460 g/mol. The minimum absolute atomic E-state index is 0.114. The molecule has 168 valence electrons. The summed E-state index contributed by atoms with van der Waals surface area (Å²) >= 11 is 0. The molecule has 1 aliphatic rings. The molecule has 0 radical (unpaired) electrons. The molecule has 1 aromatic carbocycles. The first-order valence-electron chi connectivity index (χ1n) is 9.75. The number of aromatic nitrogens is 2. The van der Waals surface area contributed by atoms with E-state index in [0.29, 0.717) is 23.4 Å². The molecule has 32 heavy (non-hydrogen) atoms. The van der Waals surface area contributed by atoms with E-state index < -0.39 is 22.3 Å². The number of aromatic amines is 1. The van der Waals surface area contributed by atoms with E-state index in [-0.39, 0.29) is 12.4 Å². The molecule has 0 saturated carbocycles. The molecule has 0 spiro atoms. The van der Waals surface area contributed by atoms with Crippen LogP contribution < -0.4 is 9.46 Å². The Morgan fingerprint density at radius 3 is 2.78 bits per heavy atom. The predicted molar refractivity (Wildman–Crippen MR) is 117 cm³/mol. The van der Waals surface area contributed by atoms with Gasteiger partial charge < -0.3 is 14.8 Å². The van der Waals surface area contributed by atoms with E-state index in [4.69, 9.17) is 9.84 Å². The van der Waals surface area contributed by atoms with Crippen LogP contribution in [0, 0.1) is 5.82 Å². The van der Waals surface area contributed by atoms with Gasteiger partial charge in [0.25, 0.3) is 0 Å². The number of carboxylic acid groups (broad SMARTS) is 1. The van der Waals surface area contributed by atoms with Crippen LogP contribution in [0.3, 0.4) is 0 Å². The smallest absolute Gasteiger partial charge is 0.419 e. The van der Waals surface area contributed by atoms with E-state index in [1.54, 1.807) is 36.1 Å². The van der Waals surface area contributed by atoms with Crippen molar-refractivity contribution in [2.45, 2.75) is 19.4 Å². The molecule has 9 nitrogen and oxygen atoms in total. The molecule has 0 bridgehead atoms. The van der Waals surface area contributed by atoms with Crippen molar-refractivity contribution in [2.75, 3.05) is 13.7 Å². The predicted octanol–water partition coefficient (Wildman–Crippen LogP) is 3.37. The van der Waals surface area contributed by atoms with Crippen LogP contribution >= 0.6 is 0 Å². The highest BCUT2D eigenvalue weighted by molar-refractivity contribution is 7.87. The Bertz CT molecular complexity index is 1340. The first kappa shape index (κ1) is 21.8. The molecule has 0 unspecified atom stereocenters. The zero-order chi connectivity index (χ0) is 23.0. The van der Waals surface area contributed by atoms with Gasteiger partial charge >= 0.3 is 16.3 Å². The number of nitrogens with one attached hydrogen (secondary N) is 2. The summed E-state index contributed by atoms with van der Waals surface area (Å²) < 4.78 is 46.4. The lowest BCUT2D eigenvalue weighted by Gasteiger charge is -2.30.